The van der Waals surface area contributed by atoms with E-state index in [1.54, 1.807) is 6.07 Å². The zero-order valence-corrected chi connectivity index (χ0v) is 12.9. The van der Waals surface area contributed by atoms with Crippen molar-refractivity contribution in [2.75, 3.05) is 0 Å². The molecule has 0 saturated carbocycles. The van der Waals surface area contributed by atoms with Gasteiger partial charge >= 0.3 is 0 Å². The number of rotatable bonds is 2. The van der Waals surface area contributed by atoms with Crippen LogP contribution in [0.5, 0.6) is 0 Å². The number of hydrogen-bond acceptors (Lipinski definition) is 1. The summed E-state index contributed by atoms with van der Waals surface area (Å²) in [6.07, 6.45) is 1.92. The second-order valence-corrected chi connectivity index (χ2v) is 5.84. The number of pyridine rings is 1. The van der Waals surface area contributed by atoms with E-state index in [0.717, 1.165) is 26.4 Å². The van der Waals surface area contributed by atoms with Gasteiger partial charge in [-0.1, -0.05) is 6.07 Å². The van der Waals surface area contributed by atoms with Crippen LogP contribution in [-0.2, 0) is 6.54 Å². The van der Waals surface area contributed by atoms with E-state index in [-0.39, 0.29) is 0 Å². The van der Waals surface area contributed by atoms with Crippen LogP contribution in [0.4, 0.5) is 8.78 Å². The maximum atomic E-state index is 13.2. The summed E-state index contributed by atoms with van der Waals surface area (Å²) < 4.78 is 29.3. The summed E-state index contributed by atoms with van der Waals surface area (Å²) in [5.41, 5.74) is 2.51. The molecule has 0 radical (unpaired) electrons. The van der Waals surface area contributed by atoms with E-state index < -0.39 is 11.6 Å². The average molecular weight is 384 g/mol. The van der Waals surface area contributed by atoms with Gasteiger partial charge in [-0.3, -0.25) is 0 Å². The molecule has 5 heteroatoms. The highest BCUT2D eigenvalue weighted by molar-refractivity contribution is 14.1. The Morgan fingerprint density at radius 2 is 1.95 bits per heavy atom. The zero-order chi connectivity index (χ0) is 14.3. The van der Waals surface area contributed by atoms with Crippen molar-refractivity contribution in [2.24, 2.45) is 0 Å². The standard InChI is InChI=1S/C15H11F2IN2/c1-9-6-14(18)11-4-5-20(15(11)19-9)8-10-2-3-12(16)13(17)7-10/h2-7H,8H2,1H3. The number of fused-ring (bicyclic) bond motifs is 1. The Balaban J connectivity index is 2.04. The fraction of sp³-hybridized carbons (Fsp3) is 0.133. The number of aryl methyl sites for hydroxylation is 1. The molecular formula is C15H11F2IN2. The van der Waals surface area contributed by atoms with Crippen LogP contribution in [0, 0.1) is 22.1 Å². The maximum Gasteiger partial charge on any atom is 0.159 e. The summed E-state index contributed by atoms with van der Waals surface area (Å²) in [7, 11) is 0. The molecule has 20 heavy (non-hydrogen) atoms. The van der Waals surface area contributed by atoms with Crippen molar-refractivity contribution in [2.45, 2.75) is 13.5 Å². The van der Waals surface area contributed by atoms with E-state index in [0.29, 0.717) is 12.1 Å². The summed E-state index contributed by atoms with van der Waals surface area (Å²) in [6, 6.07) is 7.97. The number of aromatic nitrogens is 2. The summed E-state index contributed by atoms with van der Waals surface area (Å²) in [6.45, 7) is 2.41. The van der Waals surface area contributed by atoms with Crippen LogP contribution in [0.15, 0.2) is 36.5 Å². The molecular weight excluding hydrogens is 373 g/mol. The van der Waals surface area contributed by atoms with Crippen LogP contribution >= 0.6 is 22.6 Å². The molecule has 0 unspecified atom stereocenters. The topological polar surface area (TPSA) is 17.8 Å². The van der Waals surface area contributed by atoms with Gasteiger partial charge in [0.25, 0.3) is 0 Å². The molecule has 3 aromatic rings. The molecule has 0 amide bonds. The van der Waals surface area contributed by atoms with Crippen molar-refractivity contribution < 1.29 is 8.78 Å². The third-order valence-electron chi connectivity index (χ3n) is 3.15. The van der Waals surface area contributed by atoms with Crippen LogP contribution in [0.2, 0.25) is 0 Å². The second-order valence-electron chi connectivity index (χ2n) is 4.67. The minimum absolute atomic E-state index is 0.466. The van der Waals surface area contributed by atoms with E-state index in [1.165, 1.54) is 6.07 Å². The highest BCUT2D eigenvalue weighted by Crippen LogP contribution is 2.22. The predicted molar refractivity (Wildman–Crippen MR) is 82.6 cm³/mol. The van der Waals surface area contributed by atoms with Gasteiger partial charge in [-0.2, -0.15) is 0 Å². The second kappa shape index (κ2) is 5.12. The Hall–Kier alpha value is -1.50. The normalized spacial score (nSPS) is 11.2. The van der Waals surface area contributed by atoms with Crippen molar-refractivity contribution in [3.63, 3.8) is 0 Å². The van der Waals surface area contributed by atoms with Crippen LogP contribution < -0.4 is 0 Å². The molecule has 2 aromatic heterocycles. The molecule has 0 aliphatic carbocycles. The average Bonchev–Trinajstić information content (AvgIpc) is 2.77. The smallest absolute Gasteiger partial charge is 0.159 e. The number of benzene rings is 1. The highest BCUT2D eigenvalue weighted by atomic mass is 127. The molecule has 102 valence electrons. The van der Waals surface area contributed by atoms with Crippen molar-refractivity contribution in [3.8, 4) is 0 Å². The van der Waals surface area contributed by atoms with Crippen molar-refractivity contribution in [1.82, 2.24) is 9.55 Å². The summed E-state index contributed by atoms with van der Waals surface area (Å²) >= 11 is 2.27. The fourth-order valence-corrected chi connectivity index (χ4v) is 3.07. The van der Waals surface area contributed by atoms with Gasteiger partial charge in [-0.05, 0) is 59.3 Å². The summed E-state index contributed by atoms with van der Waals surface area (Å²) in [5.74, 6) is -1.65. The quantitative estimate of drug-likeness (QED) is 0.604. The lowest BCUT2D eigenvalue weighted by atomic mass is 10.2. The molecule has 0 saturated heterocycles. The molecule has 0 bridgehead atoms. The largest absolute Gasteiger partial charge is 0.328 e. The lowest BCUT2D eigenvalue weighted by Gasteiger charge is -2.07. The number of nitrogens with zero attached hydrogens (tertiary/aromatic N) is 2. The minimum Gasteiger partial charge on any atom is -0.328 e. The Bertz CT molecular complexity index is 796. The maximum absolute atomic E-state index is 13.2. The third-order valence-corrected chi connectivity index (χ3v) is 4.04. The van der Waals surface area contributed by atoms with Gasteiger partial charge < -0.3 is 4.57 Å². The first kappa shape index (κ1) is 13.5. The molecule has 0 aliphatic rings. The summed E-state index contributed by atoms with van der Waals surface area (Å²) in [4.78, 5) is 4.52. The molecule has 2 heterocycles. The molecule has 1 aromatic carbocycles. The molecule has 0 N–H and O–H groups in total. The molecule has 0 atom stereocenters. The van der Waals surface area contributed by atoms with E-state index in [1.807, 2.05) is 29.8 Å². The van der Waals surface area contributed by atoms with Crippen molar-refractivity contribution >= 4 is 33.6 Å². The van der Waals surface area contributed by atoms with Crippen LogP contribution in [0.3, 0.4) is 0 Å². The summed E-state index contributed by atoms with van der Waals surface area (Å²) in [5, 5.41) is 1.07. The molecule has 2 nitrogen and oxygen atoms in total. The third kappa shape index (κ3) is 2.42. The van der Waals surface area contributed by atoms with Crippen LogP contribution in [-0.4, -0.2) is 9.55 Å². The van der Waals surface area contributed by atoms with E-state index in [2.05, 4.69) is 27.6 Å². The van der Waals surface area contributed by atoms with Crippen LogP contribution in [0.1, 0.15) is 11.3 Å². The van der Waals surface area contributed by atoms with Crippen molar-refractivity contribution in [1.29, 1.82) is 0 Å². The Morgan fingerprint density at radius 3 is 2.70 bits per heavy atom. The SMILES string of the molecule is Cc1cc(I)c2ccn(Cc3ccc(F)c(F)c3)c2n1. The Labute approximate surface area is 128 Å². The first-order valence-electron chi connectivity index (χ1n) is 6.10. The van der Waals surface area contributed by atoms with Gasteiger partial charge in [0.1, 0.15) is 5.65 Å². The van der Waals surface area contributed by atoms with E-state index in [4.69, 9.17) is 0 Å². The molecule has 0 spiro atoms. The van der Waals surface area contributed by atoms with E-state index >= 15 is 0 Å². The number of hydrogen-bond donors (Lipinski definition) is 0. The monoisotopic (exact) mass is 384 g/mol. The van der Waals surface area contributed by atoms with Gasteiger partial charge in [0.2, 0.25) is 0 Å². The van der Waals surface area contributed by atoms with Gasteiger partial charge in [0, 0.05) is 27.4 Å². The Kier molecular flexibility index (Phi) is 3.45. The highest BCUT2D eigenvalue weighted by Gasteiger charge is 2.09. The van der Waals surface area contributed by atoms with Gasteiger partial charge in [0.05, 0.1) is 0 Å². The first-order chi connectivity index (χ1) is 9.54. The molecule has 3 rings (SSSR count). The predicted octanol–water partition coefficient (Wildman–Crippen LogP) is 4.28. The van der Waals surface area contributed by atoms with Gasteiger partial charge in [-0.25, -0.2) is 13.8 Å². The number of halogens is 3. The molecule has 0 fully saturated rings. The van der Waals surface area contributed by atoms with E-state index in [9.17, 15) is 8.78 Å². The van der Waals surface area contributed by atoms with Crippen molar-refractivity contribution in [3.05, 3.63) is 63.0 Å². The molecule has 0 aliphatic heterocycles. The fourth-order valence-electron chi connectivity index (χ4n) is 2.20. The lowest BCUT2D eigenvalue weighted by Crippen LogP contribution is -2.01. The Morgan fingerprint density at radius 1 is 1.15 bits per heavy atom. The van der Waals surface area contributed by atoms with Crippen LogP contribution in [0.25, 0.3) is 11.0 Å². The minimum atomic E-state index is -0.824. The van der Waals surface area contributed by atoms with Gasteiger partial charge in [0.15, 0.2) is 11.6 Å². The zero-order valence-electron chi connectivity index (χ0n) is 10.7. The van der Waals surface area contributed by atoms with Gasteiger partial charge in [-0.15, -0.1) is 0 Å². The first-order valence-corrected chi connectivity index (χ1v) is 7.18. The lowest BCUT2D eigenvalue weighted by molar-refractivity contribution is 0.506.